The smallest absolute Gasteiger partial charge is 0.224 e. The summed E-state index contributed by atoms with van der Waals surface area (Å²) in [6, 6.07) is 9.77. The van der Waals surface area contributed by atoms with Crippen LogP contribution in [-0.2, 0) is 0 Å². The van der Waals surface area contributed by atoms with Crippen molar-refractivity contribution in [3.8, 4) is 0 Å². The Morgan fingerprint density at radius 2 is 2.00 bits per heavy atom. The molecule has 0 unspecified atom stereocenters. The van der Waals surface area contributed by atoms with Crippen LogP contribution in [0.5, 0.6) is 0 Å². The lowest BCUT2D eigenvalue weighted by molar-refractivity contribution is 1.09. The first-order valence-corrected chi connectivity index (χ1v) is 6.38. The first-order valence-electron chi connectivity index (χ1n) is 6.38. The van der Waals surface area contributed by atoms with Crippen LogP contribution in [0.1, 0.15) is 0 Å². The summed E-state index contributed by atoms with van der Waals surface area (Å²) >= 11 is 0. The molecule has 7 nitrogen and oxygen atoms in total. The maximum absolute atomic E-state index is 5.73. The molecular formula is C14H11N7. The summed E-state index contributed by atoms with van der Waals surface area (Å²) in [6.07, 6.45) is 3.43. The van der Waals surface area contributed by atoms with Crippen molar-refractivity contribution in [3.63, 3.8) is 0 Å². The van der Waals surface area contributed by atoms with E-state index in [9.17, 15) is 0 Å². The van der Waals surface area contributed by atoms with Crippen LogP contribution in [0.4, 0.5) is 17.5 Å². The van der Waals surface area contributed by atoms with Crippen molar-refractivity contribution in [2.45, 2.75) is 0 Å². The highest BCUT2D eigenvalue weighted by Gasteiger charge is 2.09. The molecule has 0 aliphatic rings. The third-order valence-electron chi connectivity index (χ3n) is 3.23. The number of aromatic amines is 1. The van der Waals surface area contributed by atoms with E-state index in [2.05, 4.69) is 30.5 Å². The molecule has 0 bridgehead atoms. The van der Waals surface area contributed by atoms with Crippen LogP contribution in [-0.4, -0.2) is 25.1 Å². The summed E-state index contributed by atoms with van der Waals surface area (Å²) < 4.78 is 0. The summed E-state index contributed by atoms with van der Waals surface area (Å²) in [5, 5.41) is 11.8. The standard InChI is InChI=1S/C14H11N7/c15-14-19-12(9-7-17-21-13(9)20-14)18-11-5-1-4-10-8(11)3-2-6-16-10/h1-7H,(H4,15,17,18,19,20,21). The largest absolute Gasteiger partial charge is 0.368 e. The van der Waals surface area contributed by atoms with Crippen molar-refractivity contribution in [2.24, 2.45) is 0 Å². The Kier molecular flexibility index (Phi) is 2.43. The number of benzene rings is 1. The van der Waals surface area contributed by atoms with Gasteiger partial charge in [0.25, 0.3) is 0 Å². The van der Waals surface area contributed by atoms with E-state index in [-0.39, 0.29) is 5.95 Å². The molecule has 3 aromatic heterocycles. The highest BCUT2D eigenvalue weighted by Crippen LogP contribution is 2.27. The molecule has 0 atom stereocenters. The zero-order valence-corrected chi connectivity index (χ0v) is 10.9. The van der Waals surface area contributed by atoms with E-state index < -0.39 is 0 Å². The predicted molar refractivity (Wildman–Crippen MR) is 81.1 cm³/mol. The molecule has 102 valence electrons. The number of pyridine rings is 1. The minimum atomic E-state index is 0.188. The molecule has 4 N–H and O–H groups in total. The minimum Gasteiger partial charge on any atom is -0.368 e. The lowest BCUT2D eigenvalue weighted by Gasteiger charge is -2.09. The zero-order valence-electron chi connectivity index (χ0n) is 10.9. The van der Waals surface area contributed by atoms with Crippen LogP contribution < -0.4 is 11.1 Å². The van der Waals surface area contributed by atoms with Gasteiger partial charge in [-0.2, -0.15) is 15.1 Å². The molecule has 0 amide bonds. The average molecular weight is 277 g/mol. The molecule has 3 heterocycles. The number of H-pyrrole nitrogens is 1. The first kappa shape index (κ1) is 11.6. The third-order valence-corrected chi connectivity index (χ3v) is 3.23. The fourth-order valence-corrected chi connectivity index (χ4v) is 2.29. The molecule has 4 aromatic rings. The van der Waals surface area contributed by atoms with Gasteiger partial charge in [-0.1, -0.05) is 6.07 Å². The van der Waals surface area contributed by atoms with Gasteiger partial charge in [-0.25, -0.2) is 0 Å². The summed E-state index contributed by atoms with van der Waals surface area (Å²) in [6.45, 7) is 0. The Balaban J connectivity index is 1.89. The molecule has 0 radical (unpaired) electrons. The molecule has 4 rings (SSSR count). The van der Waals surface area contributed by atoms with Gasteiger partial charge in [0.2, 0.25) is 5.95 Å². The molecule has 0 saturated carbocycles. The van der Waals surface area contributed by atoms with E-state index in [0.29, 0.717) is 11.5 Å². The molecule has 21 heavy (non-hydrogen) atoms. The van der Waals surface area contributed by atoms with Crippen molar-refractivity contribution in [3.05, 3.63) is 42.7 Å². The number of nitrogens with one attached hydrogen (secondary N) is 2. The Labute approximate surface area is 119 Å². The lowest BCUT2D eigenvalue weighted by Crippen LogP contribution is -2.01. The third kappa shape index (κ3) is 1.91. The van der Waals surface area contributed by atoms with Crippen molar-refractivity contribution in [2.75, 3.05) is 11.1 Å². The molecular weight excluding hydrogens is 266 g/mol. The predicted octanol–water partition coefficient (Wildman–Crippen LogP) is 2.23. The number of aromatic nitrogens is 5. The summed E-state index contributed by atoms with van der Waals surface area (Å²) in [5.41, 5.74) is 8.14. The van der Waals surface area contributed by atoms with Gasteiger partial charge in [0, 0.05) is 17.3 Å². The lowest BCUT2D eigenvalue weighted by atomic mass is 10.2. The number of anilines is 3. The van der Waals surface area contributed by atoms with E-state index in [1.165, 1.54) is 0 Å². The van der Waals surface area contributed by atoms with E-state index in [1.54, 1.807) is 12.4 Å². The van der Waals surface area contributed by atoms with Crippen molar-refractivity contribution >= 4 is 39.4 Å². The van der Waals surface area contributed by atoms with Crippen LogP contribution >= 0.6 is 0 Å². The number of hydrogen-bond acceptors (Lipinski definition) is 6. The van der Waals surface area contributed by atoms with Crippen LogP contribution in [0, 0.1) is 0 Å². The monoisotopic (exact) mass is 277 g/mol. The Morgan fingerprint density at radius 1 is 1.05 bits per heavy atom. The van der Waals surface area contributed by atoms with Gasteiger partial charge in [-0.15, -0.1) is 0 Å². The fourth-order valence-electron chi connectivity index (χ4n) is 2.29. The fraction of sp³-hybridized carbons (Fsp3) is 0. The van der Waals surface area contributed by atoms with Crippen molar-refractivity contribution in [1.29, 1.82) is 0 Å². The maximum Gasteiger partial charge on any atom is 0.224 e. The maximum atomic E-state index is 5.73. The van der Waals surface area contributed by atoms with Gasteiger partial charge >= 0.3 is 0 Å². The second kappa shape index (κ2) is 4.41. The summed E-state index contributed by atoms with van der Waals surface area (Å²) in [7, 11) is 0. The molecule has 0 spiro atoms. The Hall–Kier alpha value is -3.22. The molecule has 0 aliphatic heterocycles. The van der Waals surface area contributed by atoms with E-state index in [0.717, 1.165) is 22.0 Å². The Bertz CT molecular complexity index is 939. The molecule has 0 fully saturated rings. The zero-order chi connectivity index (χ0) is 14.2. The number of hydrogen-bond donors (Lipinski definition) is 3. The van der Waals surface area contributed by atoms with E-state index in [1.807, 2.05) is 30.3 Å². The minimum absolute atomic E-state index is 0.188. The molecule has 1 aromatic carbocycles. The highest BCUT2D eigenvalue weighted by atomic mass is 15.2. The van der Waals surface area contributed by atoms with Gasteiger partial charge in [0.15, 0.2) is 5.65 Å². The number of nitrogens with two attached hydrogens (primary N) is 1. The molecule has 0 saturated heterocycles. The average Bonchev–Trinajstić information content (AvgIpc) is 2.96. The second-order valence-corrected chi connectivity index (χ2v) is 4.56. The highest BCUT2D eigenvalue weighted by molar-refractivity contribution is 5.96. The number of nitrogens with zero attached hydrogens (tertiary/aromatic N) is 4. The van der Waals surface area contributed by atoms with E-state index >= 15 is 0 Å². The molecule has 0 aliphatic carbocycles. The topological polar surface area (TPSA) is 105 Å². The van der Waals surface area contributed by atoms with Gasteiger partial charge in [0.1, 0.15) is 5.82 Å². The Morgan fingerprint density at radius 3 is 2.95 bits per heavy atom. The van der Waals surface area contributed by atoms with Crippen LogP contribution in [0.25, 0.3) is 21.9 Å². The summed E-state index contributed by atoms with van der Waals surface area (Å²) in [5.74, 6) is 0.801. The first-order chi connectivity index (χ1) is 10.3. The quantitative estimate of drug-likeness (QED) is 0.519. The number of nitrogen functional groups attached to an aromatic ring is 1. The second-order valence-electron chi connectivity index (χ2n) is 4.56. The van der Waals surface area contributed by atoms with Gasteiger partial charge in [-0.05, 0) is 24.3 Å². The van der Waals surface area contributed by atoms with Crippen molar-refractivity contribution < 1.29 is 0 Å². The van der Waals surface area contributed by atoms with Crippen LogP contribution in [0.3, 0.4) is 0 Å². The van der Waals surface area contributed by atoms with Gasteiger partial charge in [0.05, 0.1) is 17.1 Å². The van der Waals surface area contributed by atoms with E-state index in [4.69, 9.17) is 5.73 Å². The molecule has 7 heteroatoms. The normalized spacial score (nSPS) is 11.0. The van der Waals surface area contributed by atoms with Gasteiger partial charge in [-0.3, -0.25) is 10.1 Å². The SMILES string of the molecule is Nc1nc(Nc2cccc3ncccc23)c2cn[nH]c2n1. The number of rotatable bonds is 2. The van der Waals surface area contributed by atoms with Crippen LogP contribution in [0.15, 0.2) is 42.7 Å². The van der Waals surface area contributed by atoms with Crippen LogP contribution in [0.2, 0.25) is 0 Å². The van der Waals surface area contributed by atoms with Crippen molar-refractivity contribution in [1.82, 2.24) is 25.1 Å². The number of fused-ring (bicyclic) bond motifs is 2. The van der Waals surface area contributed by atoms with Gasteiger partial charge < -0.3 is 11.1 Å². The summed E-state index contributed by atoms with van der Waals surface area (Å²) in [4.78, 5) is 12.7.